The van der Waals surface area contributed by atoms with Gasteiger partial charge >= 0.3 is 0 Å². The molecular formula is C24H27N3O3S. The zero-order valence-electron chi connectivity index (χ0n) is 17.7. The van der Waals surface area contributed by atoms with Gasteiger partial charge in [-0.1, -0.05) is 36.4 Å². The number of thiazole rings is 1. The smallest absolute Gasteiger partial charge is 0.230 e. The van der Waals surface area contributed by atoms with Gasteiger partial charge in [0, 0.05) is 30.6 Å². The Bertz CT molecular complexity index is 997. The van der Waals surface area contributed by atoms with E-state index in [1.807, 2.05) is 36.6 Å². The van der Waals surface area contributed by atoms with E-state index in [9.17, 15) is 4.79 Å². The molecular weight excluding hydrogens is 410 g/mol. The van der Waals surface area contributed by atoms with Gasteiger partial charge in [0.2, 0.25) is 5.91 Å². The summed E-state index contributed by atoms with van der Waals surface area (Å²) in [4.78, 5) is 19.6. The lowest BCUT2D eigenvalue weighted by Crippen LogP contribution is -2.35. The van der Waals surface area contributed by atoms with Crippen LogP contribution in [-0.2, 0) is 22.5 Å². The Kier molecular flexibility index (Phi) is 7.30. The maximum absolute atomic E-state index is 12.5. The summed E-state index contributed by atoms with van der Waals surface area (Å²) in [7, 11) is 0. The molecule has 0 unspecified atom stereocenters. The molecule has 0 atom stereocenters. The lowest BCUT2D eigenvalue weighted by atomic mass is 10.1. The van der Waals surface area contributed by atoms with Crippen molar-refractivity contribution in [2.75, 3.05) is 38.2 Å². The third-order valence-electron chi connectivity index (χ3n) is 5.07. The van der Waals surface area contributed by atoms with Gasteiger partial charge in [0.15, 0.2) is 0 Å². The summed E-state index contributed by atoms with van der Waals surface area (Å²) >= 11 is 1.56. The van der Waals surface area contributed by atoms with Crippen molar-refractivity contribution < 1.29 is 14.3 Å². The van der Waals surface area contributed by atoms with Crippen LogP contribution in [0.25, 0.3) is 10.6 Å². The molecule has 7 heteroatoms. The van der Waals surface area contributed by atoms with Gasteiger partial charge in [0.1, 0.15) is 10.8 Å². The Morgan fingerprint density at radius 3 is 2.71 bits per heavy atom. The van der Waals surface area contributed by atoms with E-state index < -0.39 is 0 Å². The number of morpholine rings is 1. The topological polar surface area (TPSA) is 63.7 Å². The fourth-order valence-corrected chi connectivity index (χ4v) is 4.33. The first kappa shape index (κ1) is 21.5. The molecule has 1 saturated heterocycles. The highest BCUT2D eigenvalue weighted by atomic mass is 32.1. The number of ether oxygens (including phenoxy) is 2. The first-order chi connectivity index (χ1) is 15.2. The summed E-state index contributed by atoms with van der Waals surface area (Å²) < 4.78 is 11.0. The van der Waals surface area contributed by atoms with Gasteiger partial charge in [-0.25, -0.2) is 4.98 Å². The van der Waals surface area contributed by atoms with E-state index in [-0.39, 0.29) is 12.3 Å². The minimum absolute atomic E-state index is 0.107. The van der Waals surface area contributed by atoms with Crippen LogP contribution >= 0.6 is 11.3 Å². The molecule has 2 heterocycles. The normalized spacial score (nSPS) is 14.4. The number of carbonyl (C=O) groups is 1. The number of carbonyl (C=O) groups excluding carboxylic acids is 1. The van der Waals surface area contributed by atoms with Gasteiger partial charge in [-0.2, -0.15) is 0 Å². The molecule has 0 saturated carbocycles. The molecule has 1 aliphatic heterocycles. The van der Waals surface area contributed by atoms with Crippen LogP contribution in [0.4, 0.5) is 5.69 Å². The number of para-hydroxylation sites is 2. The largest absolute Gasteiger partial charge is 0.492 e. The van der Waals surface area contributed by atoms with Crippen molar-refractivity contribution in [1.29, 1.82) is 0 Å². The third-order valence-corrected chi connectivity index (χ3v) is 6.01. The first-order valence-electron chi connectivity index (χ1n) is 10.6. The lowest BCUT2D eigenvalue weighted by molar-refractivity contribution is -0.115. The zero-order valence-corrected chi connectivity index (χ0v) is 18.5. The summed E-state index contributed by atoms with van der Waals surface area (Å²) in [5.74, 6) is 0.569. The number of nitrogens with zero attached hydrogens (tertiary/aromatic N) is 2. The average Bonchev–Trinajstić information content (AvgIpc) is 3.25. The van der Waals surface area contributed by atoms with Crippen molar-refractivity contribution in [2.45, 2.75) is 19.9 Å². The SMILES string of the molecule is CCOc1ccccc1NC(=O)Cc1csc(-c2ccc(CN3CCOCC3)cc2)n1. The van der Waals surface area contributed by atoms with Gasteiger partial charge in [-0.3, -0.25) is 9.69 Å². The predicted octanol–water partition coefficient (Wildman–Crippen LogP) is 4.22. The Morgan fingerprint density at radius 2 is 1.94 bits per heavy atom. The molecule has 1 fully saturated rings. The van der Waals surface area contributed by atoms with Crippen LogP contribution in [0.3, 0.4) is 0 Å². The van der Waals surface area contributed by atoms with Crippen LogP contribution < -0.4 is 10.1 Å². The second-order valence-electron chi connectivity index (χ2n) is 7.38. The Labute approximate surface area is 186 Å². The van der Waals surface area contributed by atoms with Crippen molar-refractivity contribution in [3.63, 3.8) is 0 Å². The quantitative estimate of drug-likeness (QED) is 0.572. The summed E-state index contributed by atoms with van der Waals surface area (Å²) in [5, 5.41) is 5.80. The van der Waals surface area contributed by atoms with E-state index in [2.05, 4.69) is 39.5 Å². The Morgan fingerprint density at radius 1 is 1.16 bits per heavy atom. The van der Waals surface area contributed by atoms with Crippen LogP contribution in [0.15, 0.2) is 53.9 Å². The van der Waals surface area contributed by atoms with Crippen LogP contribution in [0.5, 0.6) is 5.75 Å². The van der Waals surface area contributed by atoms with Crippen LogP contribution in [0, 0.1) is 0 Å². The highest BCUT2D eigenvalue weighted by Gasteiger charge is 2.13. The van der Waals surface area contributed by atoms with E-state index in [1.165, 1.54) is 5.56 Å². The lowest BCUT2D eigenvalue weighted by Gasteiger charge is -2.26. The summed E-state index contributed by atoms with van der Waals surface area (Å²) in [6, 6.07) is 16.0. The van der Waals surface area contributed by atoms with E-state index in [1.54, 1.807) is 11.3 Å². The van der Waals surface area contributed by atoms with Crippen LogP contribution in [0.2, 0.25) is 0 Å². The van der Waals surface area contributed by atoms with E-state index in [0.717, 1.165) is 49.1 Å². The maximum Gasteiger partial charge on any atom is 0.230 e. The van der Waals surface area contributed by atoms with Gasteiger partial charge in [0.25, 0.3) is 0 Å². The summed E-state index contributed by atoms with van der Waals surface area (Å²) in [5.41, 5.74) is 3.81. The van der Waals surface area contributed by atoms with Crippen molar-refractivity contribution in [3.8, 4) is 16.3 Å². The minimum Gasteiger partial charge on any atom is -0.492 e. The number of aromatic nitrogens is 1. The first-order valence-corrected chi connectivity index (χ1v) is 11.4. The molecule has 0 radical (unpaired) electrons. The molecule has 2 aromatic carbocycles. The second-order valence-corrected chi connectivity index (χ2v) is 8.24. The molecule has 1 amide bonds. The number of amides is 1. The molecule has 1 aliphatic rings. The average molecular weight is 438 g/mol. The number of rotatable bonds is 8. The number of benzene rings is 2. The number of anilines is 1. The summed E-state index contributed by atoms with van der Waals surface area (Å²) in [6.45, 7) is 6.99. The molecule has 6 nitrogen and oxygen atoms in total. The van der Waals surface area contributed by atoms with Gasteiger partial charge in [0.05, 0.1) is 37.6 Å². The van der Waals surface area contributed by atoms with Crippen molar-refractivity contribution >= 4 is 22.9 Å². The van der Waals surface area contributed by atoms with Crippen molar-refractivity contribution in [1.82, 2.24) is 9.88 Å². The van der Waals surface area contributed by atoms with Gasteiger partial charge < -0.3 is 14.8 Å². The van der Waals surface area contributed by atoms with Gasteiger partial charge in [-0.15, -0.1) is 11.3 Å². The zero-order chi connectivity index (χ0) is 21.5. The minimum atomic E-state index is -0.107. The standard InChI is InChI=1S/C24H27N3O3S/c1-2-30-22-6-4-3-5-21(22)26-23(28)15-20-17-31-24(25-20)19-9-7-18(8-10-19)16-27-11-13-29-14-12-27/h3-10,17H,2,11-16H2,1H3,(H,26,28). The molecule has 0 spiro atoms. The Balaban J connectivity index is 1.35. The molecule has 31 heavy (non-hydrogen) atoms. The van der Waals surface area contributed by atoms with Crippen molar-refractivity contribution in [2.24, 2.45) is 0 Å². The monoisotopic (exact) mass is 437 g/mol. The number of nitrogens with one attached hydrogen (secondary N) is 1. The molecule has 3 aromatic rings. The second kappa shape index (κ2) is 10.5. The molecule has 4 rings (SSSR count). The Hall–Kier alpha value is -2.74. The number of hydrogen-bond acceptors (Lipinski definition) is 6. The number of hydrogen-bond donors (Lipinski definition) is 1. The summed E-state index contributed by atoms with van der Waals surface area (Å²) in [6.07, 6.45) is 0.228. The fourth-order valence-electron chi connectivity index (χ4n) is 3.50. The molecule has 0 bridgehead atoms. The van der Waals surface area contributed by atoms with Crippen LogP contribution in [0.1, 0.15) is 18.2 Å². The fraction of sp³-hybridized carbons (Fsp3) is 0.333. The van der Waals surface area contributed by atoms with E-state index in [0.29, 0.717) is 18.0 Å². The van der Waals surface area contributed by atoms with Gasteiger partial charge in [-0.05, 0) is 24.6 Å². The van der Waals surface area contributed by atoms with Crippen molar-refractivity contribution in [3.05, 3.63) is 65.2 Å². The third kappa shape index (κ3) is 5.91. The van der Waals surface area contributed by atoms with Crippen LogP contribution in [-0.4, -0.2) is 48.7 Å². The molecule has 1 aromatic heterocycles. The van der Waals surface area contributed by atoms with E-state index in [4.69, 9.17) is 9.47 Å². The highest BCUT2D eigenvalue weighted by Crippen LogP contribution is 2.26. The molecule has 162 valence electrons. The predicted molar refractivity (Wildman–Crippen MR) is 124 cm³/mol. The molecule has 1 N–H and O–H groups in total. The highest BCUT2D eigenvalue weighted by molar-refractivity contribution is 7.13. The molecule has 0 aliphatic carbocycles. The van der Waals surface area contributed by atoms with E-state index >= 15 is 0 Å². The maximum atomic E-state index is 12.5.